The van der Waals surface area contributed by atoms with Crippen LogP contribution in [-0.2, 0) is 0 Å². The number of methoxy groups -OCH3 is 1. The van der Waals surface area contributed by atoms with E-state index in [1.54, 1.807) is 18.2 Å². The van der Waals surface area contributed by atoms with Crippen LogP contribution < -0.4 is 15.8 Å². The van der Waals surface area contributed by atoms with Crippen molar-refractivity contribution in [3.8, 4) is 5.75 Å². The second-order valence-electron chi connectivity index (χ2n) is 4.15. The Morgan fingerprint density at radius 1 is 1.24 bits per heavy atom. The van der Waals surface area contributed by atoms with Crippen LogP contribution in [0.4, 0.5) is 20.2 Å². The van der Waals surface area contributed by atoms with Gasteiger partial charge in [-0.15, -0.1) is 0 Å². The highest BCUT2D eigenvalue weighted by Gasteiger charge is 2.14. The van der Waals surface area contributed by atoms with Crippen LogP contribution in [-0.4, -0.2) is 12.1 Å². The van der Waals surface area contributed by atoms with Gasteiger partial charge in [0.25, 0.3) is 0 Å². The van der Waals surface area contributed by atoms with Gasteiger partial charge in [0.15, 0.2) is 0 Å². The van der Waals surface area contributed by atoms with Crippen LogP contribution in [0.1, 0.15) is 5.56 Å². The van der Waals surface area contributed by atoms with Gasteiger partial charge in [-0.3, -0.25) is 0 Å². The molecule has 21 heavy (non-hydrogen) atoms. The summed E-state index contributed by atoms with van der Waals surface area (Å²) < 4.78 is 33.7. The topological polar surface area (TPSA) is 47.3 Å². The molecule has 0 atom stereocenters. The van der Waals surface area contributed by atoms with E-state index in [2.05, 4.69) is 21.2 Å². The molecule has 3 N–H and O–H groups in total. The predicted molar refractivity (Wildman–Crippen MR) is 86.2 cm³/mol. The van der Waals surface area contributed by atoms with E-state index in [9.17, 15) is 8.78 Å². The van der Waals surface area contributed by atoms with Crippen molar-refractivity contribution >= 4 is 44.5 Å². The van der Waals surface area contributed by atoms with E-state index in [4.69, 9.17) is 22.7 Å². The van der Waals surface area contributed by atoms with Crippen LogP contribution in [0.25, 0.3) is 0 Å². The third kappa shape index (κ3) is 3.48. The molecule has 0 unspecified atom stereocenters. The van der Waals surface area contributed by atoms with Gasteiger partial charge in [0, 0.05) is 16.1 Å². The highest BCUT2D eigenvalue weighted by molar-refractivity contribution is 9.10. The number of hydrogen-bond acceptors (Lipinski definition) is 3. The lowest BCUT2D eigenvalue weighted by molar-refractivity contribution is 0.415. The number of ether oxygens (including phenoxy) is 1. The van der Waals surface area contributed by atoms with Crippen LogP contribution in [0.5, 0.6) is 5.75 Å². The molecule has 0 saturated heterocycles. The minimum atomic E-state index is -0.785. The first kappa shape index (κ1) is 15.7. The van der Waals surface area contributed by atoms with Crippen molar-refractivity contribution in [1.82, 2.24) is 0 Å². The average molecular weight is 373 g/mol. The lowest BCUT2D eigenvalue weighted by Gasteiger charge is -2.13. The minimum Gasteiger partial charge on any atom is -0.497 e. The fraction of sp³-hybridized carbons (Fsp3) is 0.0714. The van der Waals surface area contributed by atoms with Crippen molar-refractivity contribution in [3.63, 3.8) is 0 Å². The summed E-state index contributed by atoms with van der Waals surface area (Å²) in [4.78, 5) is -0.0677. The van der Waals surface area contributed by atoms with E-state index in [1.807, 2.05) is 0 Å². The van der Waals surface area contributed by atoms with Crippen molar-refractivity contribution in [1.29, 1.82) is 0 Å². The van der Waals surface area contributed by atoms with E-state index in [1.165, 1.54) is 7.11 Å². The predicted octanol–water partition coefficient (Wildman–Crippen LogP) is 4.11. The van der Waals surface area contributed by atoms with Crippen LogP contribution in [0.2, 0.25) is 0 Å². The van der Waals surface area contributed by atoms with Gasteiger partial charge in [0.05, 0.1) is 12.8 Å². The Balaban J connectivity index is 2.42. The fourth-order valence-electron chi connectivity index (χ4n) is 1.70. The summed E-state index contributed by atoms with van der Waals surface area (Å²) in [6.45, 7) is 0. The third-order valence-corrected chi connectivity index (χ3v) is 3.69. The van der Waals surface area contributed by atoms with Crippen molar-refractivity contribution in [2.24, 2.45) is 5.73 Å². The molecule has 0 aliphatic carbocycles. The van der Waals surface area contributed by atoms with Gasteiger partial charge in [0.2, 0.25) is 0 Å². The van der Waals surface area contributed by atoms with Gasteiger partial charge in [-0.2, -0.15) is 0 Å². The molecule has 0 fully saturated rings. The molecule has 0 heterocycles. The van der Waals surface area contributed by atoms with E-state index in [0.717, 1.165) is 12.1 Å². The van der Waals surface area contributed by atoms with Gasteiger partial charge in [-0.25, -0.2) is 8.78 Å². The van der Waals surface area contributed by atoms with E-state index in [0.29, 0.717) is 15.9 Å². The van der Waals surface area contributed by atoms with Crippen LogP contribution in [0.15, 0.2) is 34.8 Å². The Morgan fingerprint density at radius 2 is 1.86 bits per heavy atom. The zero-order valence-electron chi connectivity index (χ0n) is 10.9. The normalized spacial score (nSPS) is 10.3. The zero-order chi connectivity index (χ0) is 15.6. The maximum Gasteiger partial charge on any atom is 0.150 e. The molecule has 110 valence electrons. The van der Waals surface area contributed by atoms with Crippen molar-refractivity contribution < 1.29 is 13.5 Å². The Bertz CT molecular complexity index is 686. The highest BCUT2D eigenvalue weighted by atomic mass is 79.9. The SMILES string of the molecule is COc1ccc(Br)c(Nc2c(F)cc(C(N)=S)cc2F)c1. The van der Waals surface area contributed by atoms with E-state index in [-0.39, 0.29) is 16.2 Å². The second-order valence-corrected chi connectivity index (χ2v) is 5.44. The number of nitrogens with two attached hydrogens (primary N) is 1. The standard InChI is InChI=1S/C14H11BrF2N2OS/c1-20-8-2-3-9(15)12(6-8)19-13-10(16)4-7(14(18)21)5-11(13)17/h2-6,19H,1H3,(H2,18,21). The molecule has 0 aliphatic heterocycles. The Labute approximate surface area is 134 Å². The summed E-state index contributed by atoms with van der Waals surface area (Å²) in [5.74, 6) is -1.01. The smallest absolute Gasteiger partial charge is 0.150 e. The van der Waals surface area contributed by atoms with Gasteiger partial charge in [0.1, 0.15) is 28.1 Å². The lowest BCUT2D eigenvalue weighted by atomic mass is 10.1. The molecule has 0 amide bonds. The fourth-order valence-corrected chi connectivity index (χ4v) is 2.16. The quantitative estimate of drug-likeness (QED) is 0.792. The van der Waals surface area contributed by atoms with Crippen LogP contribution in [0, 0.1) is 11.6 Å². The molecule has 0 saturated carbocycles. The third-order valence-electron chi connectivity index (χ3n) is 2.76. The summed E-state index contributed by atoms with van der Waals surface area (Å²) >= 11 is 8.01. The maximum atomic E-state index is 14.0. The number of rotatable bonds is 4. The summed E-state index contributed by atoms with van der Waals surface area (Å²) in [7, 11) is 1.51. The molecule has 0 spiro atoms. The van der Waals surface area contributed by atoms with Gasteiger partial charge in [-0.05, 0) is 40.2 Å². The molecule has 0 bridgehead atoms. The molecule has 2 rings (SSSR count). The Hall–Kier alpha value is -1.73. The zero-order valence-corrected chi connectivity index (χ0v) is 13.3. The number of halogens is 3. The van der Waals surface area contributed by atoms with E-state index >= 15 is 0 Å². The molecule has 3 nitrogen and oxygen atoms in total. The second kappa shape index (κ2) is 6.36. The van der Waals surface area contributed by atoms with Gasteiger partial charge in [-0.1, -0.05) is 12.2 Å². The number of thiocarbonyl (C=S) groups is 1. The van der Waals surface area contributed by atoms with Gasteiger partial charge < -0.3 is 15.8 Å². The van der Waals surface area contributed by atoms with Gasteiger partial charge >= 0.3 is 0 Å². The Kier molecular flexibility index (Phi) is 4.74. The Morgan fingerprint density at radius 3 is 2.38 bits per heavy atom. The minimum absolute atomic E-state index is 0.0677. The first-order valence-corrected chi connectivity index (χ1v) is 7.02. The summed E-state index contributed by atoms with van der Waals surface area (Å²) in [5.41, 5.74) is 5.68. The monoisotopic (exact) mass is 372 g/mol. The highest BCUT2D eigenvalue weighted by Crippen LogP contribution is 2.32. The molecule has 0 aromatic heterocycles. The first-order chi connectivity index (χ1) is 9.92. The number of nitrogens with one attached hydrogen (secondary N) is 1. The molecule has 0 aliphatic rings. The number of anilines is 2. The van der Waals surface area contributed by atoms with Crippen molar-refractivity contribution in [2.75, 3.05) is 12.4 Å². The molecule has 2 aromatic rings. The first-order valence-electron chi connectivity index (χ1n) is 5.81. The summed E-state index contributed by atoms with van der Waals surface area (Å²) in [6, 6.07) is 7.21. The van der Waals surface area contributed by atoms with Crippen LogP contribution in [0.3, 0.4) is 0 Å². The molecular formula is C14H11BrF2N2OS. The lowest BCUT2D eigenvalue weighted by Crippen LogP contribution is -2.11. The van der Waals surface area contributed by atoms with Crippen LogP contribution >= 0.6 is 28.1 Å². The molecule has 2 aromatic carbocycles. The molecular weight excluding hydrogens is 362 g/mol. The number of hydrogen-bond donors (Lipinski definition) is 2. The van der Waals surface area contributed by atoms with Crippen molar-refractivity contribution in [3.05, 3.63) is 52.0 Å². The average Bonchev–Trinajstić information content (AvgIpc) is 2.44. The summed E-state index contributed by atoms with van der Waals surface area (Å²) in [6.07, 6.45) is 0. The maximum absolute atomic E-state index is 14.0. The largest absolute Gasteiger partial charge is 0.497 e. The molecule has 7 heteroatoms. The summed E-state index contributed by atoms with van der Waals surface area (Å²) in [5, 5.41) is 2.69. The number of benzene rings is 2. The molecule has 0 radical (unpaired) electrons. The van der Waals surface area contributed by atoms with Crippen molar-refractivity contribution in [2.45, 2.75) is 0 Å². The van der Waals surface area contributed by atoms with E-state index < -0.39 is 11.6 Å².